The van der Waals surface area contributed by atoms with Gasteiger partial charge in [0, 0.05) is 0 Å². The number of hydrogen-bond donors (Lipinski definition) is 0. The van der Waals surface area contributed by atoms with E-state index in [4.69, 9.17) is 14.0 Å². The van der Waals surface area contributed by atoms with Crippen LogP contribution < -0.4 is 10.2 Å². The van der Waals surface area contributed by atoms with Crippen LogP contribution in [-0.2, 0) is 9.31 Å². The second-order valence-electron chi connectivity index (χ2n) is 6.54. The monoisotopic (exact) mass is 294 g/mol. The summed E-state index contributed by atoms with van der Waals surface area (Å²) in [6.07, 6.45) is 0.859. The highest BCUT2D eigenvalue weighted by Gasteiger charge is 2.53. The number of hydrogen-bond acceptors (Lipinski definition) is 3. The third kappa shape index (κ3) is 2.95. The van der Waals surface area contributed by atoms with E-state index in [1.807, 2.05) is 34.6 Å². The van der Waals surface area contributed by atoms with E-state index in [0.717, 1.165) is 6.42 Å². The van der Waals surface area contributed by atoms with E-state index in [1.54, 1.807) is 19.1 Å². The maximum absolute atomic E-state index is 14.6. The predicted octanol–water partition coefficient (Wildman–Crippen LogP) is 3.22. The van der Waals surface area contributed by atoms with Crippen molar-refractivity contribution in [2.45, 2.75) is 59.2 Å². The Morgan fingerprint density at radius 2 is 1.71 bits per heavy atom. The van der Waals surface area contributed by atoms with Crippen LogP contribution in [0.4, 0.5) is 4.39 Å². The van der Waals surface area contributed by atoms with Gasteiger partial charge in [-0.1, -0.05) is 13.0 Å². The van der Waals surface area contributed by atoms with Crippen molar-refractivity contribution < 1.29 is 18.4 Å². The van der Waals surface area contributed by atoms with Crippen molar-refractivity contribution >= 4 is 12.6 Å². The second-order valence-corrected chi connectivity index (χ2v) is 6.54. The smallest absolute Gasteiger partial charge is 0.494 e. The molecule has 1 aliphatic rings. The first-order valence-electron chi connectivity index (χ1n) is 7.47. The summed E-state index contributed by atoms with van der Waals surface area (Å²) in [5.74, 6) is 0.181. The van der Waals surface area contributed by atoms with Crippen molar-refractivity contribution in [2.75, 3.05) is 6.61 Å². The van der Waals surface area contributed by atoms with Gasteiger partial charge in [0.15, 0.2) is 0 Å². The van der Waals surface area contributed by atoms with Gasteiger partial charge < -0.3 is 14.0 Å². The molecule has 2 rings (SSSR count). The highest BCUT2D eigenvalue weighted by Crippen LogP contribution is 2.37. The molecule has 0 spiro atoms. The Balaban J connectivity index is 2.41. The molecule has 0 unspecified atom stereocenters. The molecule has 1 aromatic carbocycles. The average molecular weight is 294 g/mol. The lowest BCUT2D eigenvalue weighted by Gasteiger charge is -2.32. The van der Waals surface area contributed by atoms with E-state index in [2.05, 4.69) is 0 Å². The highest BCUT2D eigenvalue weighted by molar-refractivity contribution is 6.63. The summed E-state index contributed by atoms with van der Waals surface area (Å²) < 4.78 is 32.2. The van der Waals surface area contributed by atoms with Gasteiger partial charge in [-0.05, 0) is 52.7 Å². The standard InChI is InChI=1S/C16H24BFO3/c1-7-10-19-12-9-8-11(2)14(18)13(12)17-20-15(3,4)16(5,6)21-17/h8-9H,7,10H2,1-6H3. The Bertz CT molecular complexity index is 512. The maximum Gasteiger partial charge on any atom is 0.501 e. The first-order chi connectivity index (χ1) is 9.69. The zero-order valence-electron chi connectivity index (χ0n) is 13.7. The molecule has 0 radical (unpaired) electrons. The van der Waals surface area contributed by atoms with Gasteiger partial charge in [-0.2, -0.15) is 0 Å². The Morgan fingerprint density at radius 3 is 2.24 bits per heavy atom. The molecule has 21 heavy (non-hydrogen) atoms. The summed E-state index contributed by atoms with van der Waals surface area (Å²) in [7, 11) is -0.748. The summed E-state index contributed by atoms with van der Waals surface area (Å²) in [5, 5.41) is 0. The second kappa shape index (κ2) is 5.62. The van der Waals surface area contributed by atoms with Crippen LogP contribution in [0.25, 0.3) is 0 Å². The Hall–Kier alpha value is -1.07. The van der Waals surface area contributed by atoms with Gasteiger partial charge in [0.25, 0.3) is 0 Å². The average Bonchev–Trinajstić information content (AvgIpc) is 2.59. The quantitative estimate of drug-likeness (QED) is 0.798. The number of rotatable bonds is 4. The summed E-state index contributed by atoms with van der Waals surface area (Å²) in [6.45, 7) is 12.1. The number of aryl methyl sites for hydroxylation is 1. The van der Waals surface area contributed by atoms with Crippen molar-refractivity contribution in [3.8, 4) is 5.75 Å². The lowest BCUT2D eigenvalue weighted by atomic mass is 9.77. The zero-order chi connectivity index (χ0) is 15.8. The summed E-state index contributed by atoms with van der Waals surface area (Å²) in [6, 6.07) is 3.50. The van der Waals surface area contributed by atoms with Gasteiger partial charge in [0.1, 0.15) is 11.6 Å². The first-order valence-corrected chi connectivity index (χ1v) is 7.47. The molecule has 1 aliphatic heterocycles. The zero-order valence-corrected chi connectivity index (χ0v) is 13.7. The topological polar surface area (TPSA) is 27.7 Å². The Kier molecular flexibility index (Phi) is 4.36. The van der Waals surface area contributed by atoms with Crippen LogP contribution in [0.15, 0.2) is 12.1 Å². The molecule has 0 amide bonds. The van der Waals surface area contributed by atoms with Crippen LogP contribution in [0.2, 0.25) is 0 Å². The van der Waals surface area contributed by atoms with Crippen LogP contribution >= 0.6 is 0 Å². The van der Waals surface area contributed by atoms with Gasteiger partial charge in [-0.25, -0.2) is 4.39 Å². The van der Waals surface area contributed by atoms with Crippen molar-refractivity contribution in [2.24, 2.45) is 0 Å². The number of halogens is 1. The Morgan fingerprint density at radius 1 is 1.14 bits per heavy atom. The largest absolute Gasteiger partial charge is 0.501 e. The van der Waals surface area contributed by atoms with E-state index in [9.17, 15) is 4.39 Å². The normalized spacial score (nSPS) is 19.9. The molecule has 3 nitrogen and oxygen atoms in total. The van der Waals surface area contributed by atoms with Gasteiger partial charge in [0.2, 0.25) is 0 Å². The molecule has 0 atom stereocenters. The van der Waals surface area contributed by atoms with Crippen LogP contribution in [-0.4, -0.2) is 24.9 Å². The Labute approximate surface area is 126 Å². The lowest BCUT2D eigenvalue weighted by Crippen LogP contribution is -2.41. The third-order valence-corrected chi connectivity index (χ3v) is 4.28. The molecule has 116 valence electrons. The molecule has 1 fully saturated rings. The van der Waals surface area contributed by atoms with E-state index in [-0.39, 0.29) is 5.82 Å². The molecule has 1 aromatic rings. The third-order valence-electron chi connectivity index (χ3n) is 4.28. The van der Waals surface area contributed by atoms with Crippen LogP contribution in [0.1, 0.15) is 46.6 Å². The van der Waals surface area contributed by atoms with Gasteiger partial charge in [-0.15, -0.1) is 0 Å². The molecule has 0 bridgehead atoms. The molecule has 5 heteroatoms. The van der Waals surface area contributed by atoms with Crippen LogP contribution in [0.5, 0.6) is 5.75 Å². The maximum atomic E-state index is 14.6. The highest BCUT2D eigenvalue weighted by atomic mass is 19.1. The van der Waals surface area contributed by atoms with Crippen molar-refractivity contribution in [3.63, 3.8) is 0 Å². The van der Waals surface area contributed by atoms with Crippen molar-refractivity contribution in [3.05, 3.63) is 23.5 Å². The molecular formula is C16H24BFO3. The van der Waals surface area contributed by atoms with E-state index in [1.165, 1.54) is 0 Å². The minimum absolute atomic E-state index is 0.317. The number of benzene rings is 1. The minimum Gasteiger partial charge on any atom is -0.494 e. The van der Waals surface area contributed by atoms with Gasteiger partial charge >= 0.3 is 7.12 Å². The predicted molar refractivity (Wildman–Crippen MR) is 82.6 cm³/mol. The van der Waals surface area contributed by atoms with Crippen LogP contribution in [0.3, 0.4) is 0 Å². The number of ether oxygens (including phenoxy) is 1. The molecule has 0 aromatic heterocycles. The van der Waals surface area contributed by atoms with E-state index in [0.29, 0.717) is 23.4 Å². The molecule has 0 saturated carbocycles. The fourth-order valence-corrected chi connectivity index (χ4v) is 2.20. The molecular weight excluding hydrogens is 270 g/mol. The first kappa shape index (κ1) is 16.3. The van der Waals surface area contributed by atoms with Gasteiger partial charge in [-0.3, -0.25) is 0 Å². The van der Waals surface area contributed by atoms with E-state index < -0.39 is 18.3 Å². The summed E-state index contributed by atoms with van der Waals surface area (Å²) in [4.78, 5) is 0. The molecule has 0 aliphatic carbocycles. The fourth-order valence-electron chi connectivity index (χ4n) is 2.20. The lowest BCUT2D eigenvalue weighted by molar-refractivity contribution is 0.00578. The molecule has 1 saturated heterocycles. The van der Waals surface area contributed by atoms with Gasteiger partial charge in [0.05, 0.1) is 23.3 Å². The van der Waals surface area contributed by atoms with Crippen molar-refractivity contribution in [1.29, 1.82) is 0 Å². The van der Waals surface area contributed by atoms with Crippen LogP contribution in [0, 0.1) is 12.7 Å². The minimum atomic E-state index is -0.748. The SMILES string of the molecule is CCCOc1ccc(C)c(F)c1B1OC(C)(C)C(C)(C)O1. The van der Waals surface area contributed by atoms with Crippen molar-refractivity contribution in [1.82, 2.24) is 0 Å². The molecule has 1 heterocycles. The fraction of sp³-hybridized carbons (Fsp3) is 0.625. The summed E-state index contributed by atoms with van der Waals surface area (Å²) >= 11 is 0. The summed E-state index contributed by atoms with van der Waals surface area (Å²) in [5.41, 5.74) is -0.0863. The van der Waals surface area contributed by atoms with E-state index >= 15 is 0 Å². The molecule has 0 N–H and O–H groups in total.